The molecule has 1 fully saturated rings. The molecule has 0 saturated carbocycles. The maximum absolute atomic E-state index is 6.15. The van der Waals surface area contributed by atoms with Gasteiger partial charge in [-0.3, -0.25) is 9.89 Å². The van der Waals surface area contributed by atoms with Crippen LogP contribution in [0.5, 0.6) is 5.75 Å². The van der Waals surface area contributed by atoms with E-state index in [1.807, 2.05) is 13.1 Å². The average Bonchev–Trinajstić information content (AvgIpc) is 2.70. The molecule has 0 aliphatic carbocycles. The third kappa shape index (κ3) is 5.17. The largest absolute Gasteiger partial charge is 0.487 e. The molecule has 156 valence electrons. The maximum atomic E-state index is 6.15. The topological polar surface area (TPSA) is 52.1 Å². The van der Waals surface area contributed by atoms with Crippen molar-refractivity contribution in [2.45, 2.75) is 51.8 Å². The summed E-state index contributed by atoms with van der Waals surface area (Å²) in [6.45, 7) is 15.5. The predicted octanol–water partition coefficient (Wildman–Crippen LogP) is 2.48. The molecular weight excluding hydrogens is 350 g/mol. The lowest BCUT2D eigenvalue weighted by molar-refractivity contribution is 0.0693. The van der Waals surface area contributed by atoms with Gasteiger partial charge in [0.05, 0.1) is 6.04 Å². The summed E-state index contributed by atoms with van der Waals surface area (Å²) in [7, 11) is 1.84. The first kappa shape index (κ1) is 20.9. The normalized spacial score (nSPS) is 24.2. The van der Waals surface area contributed by atoms with Crippen LogP contribution in [0.1, 0.15) is 45.7 Å². The molecular formula is C22H37N5O. The molecule has 6 nitrogen and oxygen atoms in total. The molecule has 6 heteroatoms. The van der Waals surface area contributed by atoms with Gasteiger partial charge in [-0.05, 0) is 33.4 Å². The fraction of sp³-hybridized carbons (Fsp3) is 0.682. The third-order valence-electron chi connectivity index (χ3n) is 5.95. The summed E-state index contributed by atoms with van der Waals surface area (Å²) in [6.07, 6.45) is 0.902. The van der Waals surface area contributed by atoms with E-state index < -0.39 is 0 Å². The van der Waals surface area contributed by atoms with Gasteiger partial charge in [0.1, 0.15) is 11.4 Å². The van der Waals surface area contributed by atoms with Crippen LogP contribution < -0.4 is 15.4 Å². The van der Waals surface area contributed by atoms with E-state index in [-0.39, 0.29) is 11.6 Å². The predicted molar refractivity (Wildman–Crippen MR) is 116 cm³/mol. The van der Waals surface area contributed by atoms with Gasteiger partial charge >= 0.3 is 0 Å². The van der Waals surface area contributed by atoms with Gasteiger partial charge in [-0.2, -0.15) is 0 Å². The van der Waals surface area contributed by atoms with Crippen molar-refractivity contribution in [3.05, 3.63) is 29.8 Å². The minimum atomic E-state index is -0.197. The molecule has 2 atom stereocenters. The smallest absolute Gasteiger partial charge is 0.191 e. The minimum Gasteiger partial charge on any atom is -0.487 e. The van der Waals surface area contributed by atoms with Crippen molar-refractivity contribution in [3.63, 3.8) is 0 Å². The molecule has 1 aromatic carbocycles. The summed E-state index contributed by atoms with van der Waals surface area (Å²) >= 11 is 0. The van der Waals surface area contributed by atoms with Crippen LogP contribution in [-0.2, 0) is 0 Å². The van der Waals surface area contributed by atoms with Crippen LogP contribution in [0.2, 0.25) is 0 Å². The Hall–Kier alpha value is -1.79. The van der Waals surface area contributed by atoms with Crippen molar-refractivity contribution < 1.29 is 4.74 Å². The van der Waals surface area contributed by atoms with Crippen LogP contribution in [0.3, 0.4) is 0 Å². The van der Waals surface area contributed by atoms with Crippen LogP contribution in [0, 0.1) is 0 Å². The number of para-hydroxylation sites is 1. The molecule has 2 unspecified atom stereocenters. The molecule has 1 aromatic rings. The van der Waals surface area contributed by atoms with E-state index in [4.69, 9.17) is 4.74 Å². The van der Waals surface area contributed by atoms with Gasteiger partial charge < -0.3 is 20.3 Å². The first-order chi connectivity index (χ1) is 13.4. The lowest BCUT2D eigenvalue weighted by Gasteiger charge is -2.39. The van der Waals surface area contributed by atoms with E-state index in [1.54, 1.807) is 0 Å². The van der Waals surface area contributed by atoms with Gasteiger partial charge in [0, 0.05) is 57.8 Å². The number of nitrogens with one attached hydrogen (secondary N) is 2. The standard InChI is InChI=1S/C22H37N5O/c1-6-26-11-13-27(14-12-26)17(2)16-24-21(23-5)25-19-15-22(3,4)28-20-10-8-7-9-18(19)20/h7-10,17,19H,6,11-16H2,1-5H3,(H2,23,24,25). The number of benzene rings is 1. The first-order valence-corrected chi connectivity index (χ1v) is 10.6. The number of fused-ring (bicyclic) bond motifs is 1. The average molecular weight is 388 g/mol. The summed E-state index contributed by atoms with van der Waals surface area (Å²) in [4.78, 5) is 9.56. The highest BCUT2D eigenvalue weighted by Crippen LogP contribution is 2.39. The molecule has 2 heterocycles. The summed E-state index contributed by atoms with van der Waals surface area (Å²) in [6, 6.07) is 8.98. The van der Waals surface area contributed by atoms with E-state index in [2.05, 4.69) is 71.3 Å². The molecule has 2 aliphatic heterocycles. The van der Waals surface area contributed by atoms with Crippen molar-refractivity contribution in [3.8, 4) is 5.75 Å². The minimum absolute atomic E-state index is 0.189. The number of hydrogen-bond donors (Lipinski definition) is 2. The summed E-state index contributed by atoms with van der Waals surface area (Å²) in [5.41, 5.74) is 1.01. The molecule has 0 spiro atoms. The van der Waals surface area contributed by atoms with Gasteiger partial charge in [-0.1, -0.05) is 25.1 Å². The Balaban J connectivity index is 1.56. The van der Waals surface area contributed by atoms with Gasteiger partial charge in [0.25, 0.3) is 0 Å². The molecule has 2 N–H and O–H groups in total. The lowest BCUT2D eigenvalue weighted by atomic mass is 9.90. The van der Waals surface area contributed by atoms with E-state index in [0.717, 1.165) is 44.3 Å². The fourth-order valence-corrected chi connectivity index (χ4v) is 4.18. The molecule has 28 heavy (non-hydrogen) atoms. The summed E-state index contributed by atoms with van der Waals surface area (Å²) in [5, 5.41) is 7.16. The second-order valence-electron chi connectivity index (χ2n) is 8.57. The zero-order chi connectivity index (χ0) is 20.1. The second kappa shape index (κ2) is 9.14. The van der Waals surface area contributed by atoms with Gasteiger partial charge in [0.2, 0.25) is 0 Å². The SMILES string of the molecule is CCN1CCN(C(C)CNC(=NC)NC2CC(C)(C)Oc3ccccc32)CC1. The Labute approximate surface area is 170 Å². The van der Waals surface area contributed by atoms with Crippen molar-refractivity contribution in [2.75, 3.05) is 46.3 Å². The Morgan fingerprint density at radius 1 is 1.25 bits per heavy atom. The van der Waals surface area contributed by atoms with Crippen LogP contribution in [0.15, 0.2) is 29.3 Å². The maximum Gasteiger partial charge on any atom is 0.191 e. The molecule has 1 saturated heterocycles. The van der Waals surface area contributed by atoms with Gasteiger partial charge in [-0.15, -0.1) is 0 Å². The first-order valence-electron chi connectivity index (χ1n) is 10.6. The molecule has 0 bridgehead atoms. The molecule has 2 aliphatic rings. The third-order valence-corrected chi connectivity index (χ3v) is 5.95. The van der Waals surface area contributed by atoms with E-state index in [9.17, 15) is 0 Å². The fourth-order valence-electron chi connectivity index (χ4n) is 4.18. The monoisotopic (exact) mass is 387 g/mol. The van der Waals surface area contributed by atoms with E-state index >= 15 is 0 Å². The molecule has 0 radical (unpaired) electrons. The second-order valence-corrected chi connectivity index (χ2v) is 8.57. The Bertz CT molecular complexity index is 667. The Kier molecular flexibility index (Phi) is 6.83. The van der Waals surface area contributed by atoms with Crippen LogP contribution in [0.4, 0.5) is 0 Å². The van der Waals surface area contributed by atoms with Gasteiger partial charge in [-0.25, -0.2) is 0 Å². The number of ether oxygens (including phenoxy) is 1. The quantitative estimate of drug-likeness (QED) is 0.601. The lowest BCUT2D eigenvalue weighted by Crippen LogP contribution is -2.53. The summed E-state index contributed by atoms with van der Waals surface area (Å²) < 4.78 is 6.15. The van der Waals surface area contributed by atoms with E-state index in [0.29, 0.717) is 6.04 Å². The zero-order valence-corrected chi connectivity index (χ0v) is 18.2. The van der Waals surface area contributed by atoms with Crippen molar-refractivity contribution >= 4 is 5.96 Å². The highest BCUT2D eigenvalue weighted by molar-refractivity contribution is 5.80. The van der Waals surface area contributed by atoms with Crippen molar-refractivity contribution in [1.29, 1.82) is 0 Å². The van der Waals surface area contributed by atoms with E-state index in [1.165, 1.54) is 18.7 Å². The molecule has 3 rings (SSSR count). The Morgan fingerprint density at radius 2 is 1.96 bits per heavy atom. The van der Waals surface area contributed by atoms with Crippen molar-refractivity contribution in [2.24, 2.45) is 4.99 Å². The summed E-state index contributed by atoms with van der Waals surface area (Å²) in [5.74, 6) is 1.82. The number of guanidine groups is 1. The highest BCUT2D eigenvalue weighted by atomic mass is 16.5. The number of piperazine rings is 1. The van der Waals surface area contributed by atoms with Crippen molar-refractivity contribution in [1.82, 2.24) is 20.4 Å². The molecule has 0 amide bonds. The molecule has 0 aromatic heterocycles. The zero-order valence-electron chi connectivity index (χ0n) is 18.2. The number of hydrogen-bond acceptors (Lipinski definition) is 4. The number of likely N-dealkylation sites (N-methyl/N-ethyl adjacent to an activating group) is 1. The number of nitrogens with zero attached hydrogens (tertiary/aromatic N) is 3. The number of aliphatic imine (C=N–C) groups is 1. The van der Waals surface area contributed by atoms with Crippen LogP contribution in [0.25, 0.3) is 0 Å². The van der Waals surface area contributed by atoms with Crippen LogP contribution in [-0.4, -0.2) is 73.7 Å². The highest BCUT2D eigenvalue weighted by Gasteiger charge is 2.34. The number of rotatable bonds is 5. The Morgan fingerprint density at radius 3 is 2.64 bits per heavy atom. The van der Waals surface area contributed by atoms with Crippen LogP contribution >= 0.6 is 0 Å². The van der Waals surface area contributed by atoms with Gasteiger partial charge in [0.15, 0.2) is 5.96 Å².